The lowest BCUT2D eigenvalue weighted by Crippen LogP contribution is -2.50. The molecule has 1 saturated heterocycles. The maximum Gasteiger partial charge on any atom is 0.141 e. The summed E-state index contributed by atoms with van der Waals surface area (Å²) in [6, 6.07) is 14.0. The maximum absolute atomic E-state index is 10.2. The zero-order chi connectivity index (χ0) is 23.5. The number of pyridine rings is 1. The first-order valence-electron chi connectivity index (χ1n) is 12.2. The highest BCUT2D eigenvalue weighted by Crippen LogP contribution is 2.32. The Labute approximate surface area is 201 Å². The Kier molecular flexibility index (Phi) is 6.57. The lowest BCUT2D eigenvalue weighted by Gasteiger charge is -2.39. The molecule has 1 aromatic heterocycles. The van der Waals surface area contributed by atoms with Crippen molar-refractivity contribution in [3.63, 3.8) is 0 Å². The molecule has 3 aromatic rings. The van der Waals surface area contributed by atoms with Crippen LogP contribution in [0.25, 0.3) is 10.9 Å². The van der Waals surface area contributed by atoms with Gasteiger partial charge in [0.15, 0.2) is 0 Å². The summed E-state index contributed by atoms with van der Waals surface area (Å²) in [5.41, 5.74) is 4.16. The van der Waals surface area contributed by atoms with Crippen molar-refractivity contribution in [2.75, 3.05) is 50.7 Å². The van der Waals surface area contributed by atoms with E-state index in [4.69, 9.17) is 6.42 Å². The highest BCUT2D eigenvalue weighted by molar-refractivity contribution is 5.95. The van der Waals surface area contributed by atoms with Crippen molar-refractivity contribution >= 4 is 16.6 Å². The Hall–Kier alpha value is -3.27. The standard InChI is InChI=1S/C28H32N4O2/c1-2-13-31(22-8-9-23-21(20-22)5-3-7-26(23)33)17-14-30-15-18-32(19-16-30)25-10-11-27(34)28-24(25)6-4-12-29-28/h1,3-7,10-12,22,33-34H,8-9,13-20H2. The molecule has 2 N–H and O–H groups in total. The number of terminal acetylenes is 1. The van der Waals surface area contributed by atoms with Crippen LogP contribution in [0.2, 0.25) is 0 Å². The van der Waals surface area contributed by atoms with E-state index in [9.17, 15) is 10.2 Å². The summed E-state index contributed by atoms with van der Waals surface area (Å²) < 4.78 is 0. The fraction of sp³-hybridized carbons (Fsp3) is 0.393. The molecular formula is C28H32N4O2. The minimum absolute atomic E-state index is 0.229. The van der Waals surface area contributed by atoms with Gasteiger partial charge in [0.2, 0.25) is 0 Å². The van der Waals surface area contributed by atoms with Gasteiger partial charge in [0, 0.05) is 62.6 Å². The Morgan fingerprint density at radius 3 is 2.71 bits per heavy atom. The van der Waals surface area contributed by atoms with E-state index >= 15 is 0 Å². The molecule has 2 aliphatic rings. The molecule has 0 radical (unpaired) electrons. The quantitative estimate of drug-likeness (QED) is 0.555. The van der Waals surface area contributed by atoms with E-state index in [0.29, 0.717) is 23.9 Å². The summed E-state index contributed by atoms with van der Waals surface area (Å²) in [4.78, 5) is 11.7. The molecule has 1 atom stereocenters. The molecule has 0 amide bonds. The molecule has 0 saturated carbocycles. The number of aromatic nitrogens is 1. The average molecular weight is 457 g/mol. The zero-order valence-corrected chi connectivity index (χ0v) is 19.5. The van der Waals surface area contributed by atoms with Crippen LogP contribution in [0.15, 0.2) is 48.7 Å². The summed E-state index contributed by atoms with van der Waals surface area (Å²) in [5.74, 6) is 3.52. The van der Waals surface area contributed by atoms with Crippen LogP contribution in [0.3, 0.4) is 0 Å². The van der Waals surface area contributed by atoms with Crippen molar-refractivity contribution in [3.8, 4) is 23.8 Å². The maximum atomic E-state index is 10.2. The van der Waals surface area contributed by atoms with Crippen molar-refractivity contribution in [1.82, 2.24) is 14.8 Å². The Morgan fingerprint density at radius 1 is 1.03 bits per heavy atom. The van der Waals surface area contributed by atoms with Crippen molar-refractivity contribution in [2.45, 2.75) is 25.3 Å². The third kappa shape index (κ3) is 4.54. The van der Waals surface area contributed by atoms with Crippen LogP contribution in [0.1, 0.15) is 17.5 Å². The van der Waals surface area contributed by atoms with Gasteiger partial charge in [0.1, 0.15) is 17.0 Å². The summed E-state index contributed by atoms with van der Waals surface area (Å²) in [7, 11) is 0. The third-order valence-corrected chi connectivity index (χ3v) is 7.38. The van der Waals surface area contributed by atoms with Crippen LogP contribution in [0, 0.1) is 12.3 Å². The fourth-order valence-corrected chi connectivity index (χ4v) is 5.49. The van der Waals surface area contributed by atoms with Gasteiger partial charge in [0.25, 0.3) is 0 Å². The first kappa shape index (κ1) is 22.5. The van der Waals surface area contributed by atoms with Gasteiger partial charge in [0.05, 0.1) is 6.54 Å². The lowest BCUT2D eigenvalue weighted by atomic mass is 9.87. The summed E-state index contributed by atoms with van der Waals surface area (Å²) in [6.07, 6.45) is 10.3. The van der Waals surface area contributed by atoms with E-state index < -0.39 is 0 Å². The number of nitrogens with zero attached hydrogens (tertiary/aromatic N) is 4. The molecule has 1 unspecified atom stereocenters. The van der Waals surface area contributed by atoms with E-state index in [-0.39, 0.29) is 5.75 Å². The molecule has 0 bridgehead atoms. The second kappa shape index (κ2) is 9.92. The Morgan fingerprint density at radius 2 is 1.88 bits per heavy atom. The number of hydrogen-bond acceptors (Lipinski definition) is 6. The molecule has 2 aromatic carbocycles. The summed E-state index contributed by atoms with van der Waals surface area (Å²) in [5, 5.41) is 21.3. The monoisotopic (exact) mass is 456 g/mol. The topological polar surface area (TPSA) is 63.1 Å². The number of piperazine rings is 1. The zero-order valence-electron chi connectivity index (χ0n) is 19.5. The number of aromatic hydroxyl groups is 2. The van der Waals surface area contributed by atoms with Crippen LogP contribution in [0.4, 0.5) is 5.69 Å². The lowest BCUT2D eigenvalue weighted by molar-refractivity contribution is 0.160. The molecule has 6 nitrogen and oxygen atoms in total. The van der Waals surface area contributed by atoms with Crippen LogP contribution in [-0.2, 0) is 12.8 Å². The first-order chi connectivity index (χ1) is 16.6. The number of fused-ring (bicyclic) bond motifs is 2. The van der Waals surface area contributed by atoms with E-state index in [1.807, 2.05) is 24.3 Å². The molecule has 2 heterocycles. The normalized spacial score (nSPS) is 18.7. The Bertz CT molecular complexity index is 1200. The molecule has 0 spiro atoms. The molecular weight excluding hydrogens is 424 g/mol. The molecule has 5 rings (SSSR count). The van der Waals surface area contributed by atoms with Gasteiger partial charge in [-0.2, -0.15) is 0 Å². The van der Waals surface area contributed by atoms with Gasteiger partial charge in [-0.25, -0.2) is 0 Å². The van der Waals surface area contributed by atoms with Gasteiger partial charge in [-0.15, -0.1) is 6.42 Å². The number of hydrogen-bond donors (Lipinski definition) is 2. The molecule has 176 valence electrons. The van der Waals surface area contributed by atoms with Crippen LogP contribution in [-0.4, -0.2) is 76.9 Å². The minimum atomic E-state index is 0.229. The molecule has 34 heavy (non-hydrogen) atoms. The average Bonchev–Trinajstić information content (AvgIpc) is 2.87. The van der Waals surface area contributed by atoms with Crippen LogP contribution >= 0.6 is 0 Å². The summed E-state index contributed by atoms with van der Waals surface area (Å²) in [6.45, 7) is 6.49. The largest absolute Gasteiger partial charge is 0.508 e. The summed E-state index contributed by atoms with van der Waals surface area (Å²) >= 11 is 0. The van der Waals surface area contributed by atoms with E-state index in [2.05, 4.69) is 31.7 Å². The molecule has 1 fully saturated rings. The number of rotatable bonds is 6. The second-order valence-corrected chi connectivity index (χ2v) is 9.32. The second-order valence-electron chi connectivity index (χ2n) is 9.32. The minimum Gasteiger partial charge on any atom is -0.508 e. The smallest absolute Gasteiger partial charge is 0.141 e. The SMILES string of the molecule is C#CCN(CCN1CCN(c2ccc(O)c3ncccc23)CC1)C1CCc2c(O)cccc2C1. The number of phenolic OH excluding ortho intramolecular Hbond substituents is 2. The highest BCUT2D eigenvalue weighted by atomic mass is 16.3. The third-order valence-electron chi connectivity index (χ3n) is 7.38. The van der Waals surface area contributed by atoms with Crippen molar-refractivity contribution in [2.24, 2.45) is 0 Å². The van der Waals surface area contributed by atoms with Crippen LogP contribution < -0.4 is 4.90 Å². The van der Waals surface area contributed by atoms with Gasteiger partial charge in [-0.05, 0) is 60.7 Å². The van der Waals surface area contributed by atoms with Crippen LogP contribution in [0.5, 0.6) is 11.5 Å². The fourth-order valence-electron chi connectivity index (χ4n) is 5.49. The Balaban J connectivity index is 1.19. The van der Waals surface area contributed by atoms with Crippen molar-refractivity contribution < 1.29 is 10.2 Å². The van der Waals surface area contributed by atoms with E-state index in [0.717, 1.165) is 75.2 Å². The van der Waals surface area contributed by atoms with Crippen molar-refractivity contribution in [1.29, 1.82) is 0 Å². The number of phenols is 2. The molecule has 1 aliphatic carbocycles. The van der Waals surface area contributed by atoms with Crippen molar-refractivity contribution in [3.05, 3.63) is 59.8 Å². The predicted octanol–water partition coefficient (Wildman–Crippen LogP) is 3.26. The highest BCUT2D eigenvalue weighted by Gasteiger charge is 2.26. The number of anilines is 1. The van der Waals surface area contributed by atoms with Gasteiger partial charge < -0.3 is 15.1 Å². The number of benzene rings is 2. The first-order valence-corrected chi connectivity index (χ1v) is 12.2. The van der Waals surface area contributed by atoms with Gasteiger partial charge in [-0.3, -0.25) is 14.8 Å². The predicted molar refractivity (Wildman–Crippen MR) is 136 cm³/mol. The molecule has 1 aliphatic heterocycles. The van der Waals surface area contributed by atoms with E-state index in [1.54, 1.807) is 18.3 Å². The van der Waals surface area contributed by atoms with Gasteiger partial charge in [-0.1, -0.05) is 18.1 Å². The van der Waals surface area contributed by atoms with Gasteiger partial charge >= 0.3 is 0 Å². The van der Waals surface area contributed by atoms with E-state index in [1.165, 1.54) is 5.56 Å². The molecule has 6 heteroatoms.